The molecule has 0 aliphatic heterocycles. The van der Waals surface area contributed by atoms with Crippen molar-refractivity contribution in [2.45, 2.75) is 27.2 Å². The van der Waals surface area contributed by atoms with Crippen LogP contribution in [0.1, 0.15) is 31.4 Å². The molecule has 0 radical (unpaired) electrons. The summed E-state index contributed by atoms with van der Waals surface area (Å²) in [5.74, 6) is 0. The minimum Gasteiger partial charge on any atom is -0.320 e. The molecule has 0 saturated heterocycles. The van der Waals surface area contributed by atoms with Crippen molar-refractivity contribution < 1.29 is 4.79 Å². The van der Waals surface area contributed by atoms with Gasteiger partial charge in [-0.05, 0) is 39.4 Å². The Labute approximate surface area is 106 Å². The highest BCUT2D eigenvalue weighted by Crippen LogP contribution is 2.11. The monoisotopic (exact) mass is 235 g/mol. The van der Waals surface area contributed by atoms with Gasteiger partial charge in [-0.3, -0.25) is 0 Å². The molecule has 0 aliphatic rings. The zero-order chi connectivity index (χ0) is 13.7. The summed E-state index contributed by atoms with van der Waals surface area (Å²) in [4.78, 5) is 8.00. The first kappa shape index (κ1) is 18.0. The SMILES string of the molecule is C=C(C)c1ccc(C)cc1.C=O.CCCNC. The molecule has 1 N–H and O–H groups in total. The van der Waals surface area contributed by atoms with Crippen molar-refractivity contribution in [3.8, 4) is 0 Å². The van der Waals surface area contributed by atoms with Crippen LogP contribution in [0.25, 0.3) is 5.57 Å². The third-order valence-corrected chi connectivity index (χ3v) is 2.04. The molecule has 0 fully saturated rings. The van der Waals surface area contributed by atoms with Gasteiger partial charge < -0.3 is 10.1 Å². The number of allylic oxidation sites excluding steroid dienone is 1. The van der Waals surface area contributed by atoms with E-state index in [1.807, 2.05) is 20.8 Å². The average Bonchev–Trinajstić information content (AvgIpc) is 2.34. The number of carbonyl (C=O) groups is 1. The molecule has 17 heavy (non-hydrogen) atoms. The first-order valence-electron chi connectivity index (χ1n) is 5.77. The van der Waals surface area contributed by atoms with Gasteiger partial charge in [-0.1, -0.05) is 48.9 Å². The zero-order valence-corrected chi connectivity index (χ0v) is 11.5. The van der Waals surface area contributed by atoms with E-state index in [2.05, 4.69) is 50.0 Å². The lowest BCUT2D eigenvalue weighted by Gasteiger charge is -1.98. The molecular formula is C15H25NO. The molecule has 1 aromatic carbocycles. The van der Waals surface area contributed by atoms with Gasteiger partial charge in [0.1, 0.15) is 6.79 Å². The van der Waals surface area contributed by atoms with Gasteiger partial charge >= 0.3 is 0 Å². The van der Waals surface area contributed by atoms with Crippen LogP contribution in [0.4, 0.5) is 0 Å². The molecule has 96 valence electrons. The van der Waals surface area contributed by atoms with Gasteiger partial charge in [0, 0.05) is 0 Å². The molecule has 1 aromatic rings. The summed E-state index contributed by atoms with van der Waals surface area (Å²) in [6.07, 6.45) is 1.23. The van der Waals surface area contributed by atoms with Crippen LogP contribution < -0.4 is 5.32 Å². The molecule has 0 spiro atoms. The zero-order valence-electron chi connectivity index (χ0n) is 11.5. The minimum absolute atomic E-state index is 1.13. The fourth-order valence-corrected chi connectivity index (χ4v) is 1.09. The van der Waals surface area contributed by atoms with Gasteiger partial charge in [-0.2, -0.15) is 0 Å². The lowest BCUT2D eigenvalue weighted by Crippen LogP contribution is -2.04. The van der Waals surface area contributed by atoms with Crippen molar-refractivity contribution in [3.05, 3.63) is 42.0 Å². The summed E-state index contributed by atoms with van der Waals surface area (Å²) in [5, 5.41) is 3.02. The van der Waals surface area contributed by atoms with Crippen LogP contribution in [0.2, 0.25) is 0 Å². The molecule has 1 rings (SSSR count). The van der Waals surface area contributed by atoms with E-state index >= 15 is 0 Å². The number of rotatable bonds is 3. The Hall–Kier alpha value is -1.41. The van der Waals surface area contributed by atoms with E-state index in [0.29, 0.717) is 0 Å². The third kappa shape index (κ3) is 10.9. The van der Waals surface area contributed by atoms with Gasteiger partial charge in [0.2, 0.25) is 0 Å². The van der Waals surface area contributed by atoms with Crippen molar-refractivity contribution in [1.82, 2.24) is 5.32 Å². The van der Waals surface area contributed by atoms with Crippen LogP contribution in [-0.4, -0.2) is 20.4 Å². The molecule has 0 aromatic heterocycles. The van der Waals surface area contributed by atoms with Gasteiger partial charge in [0.15, 0.2) is 0 Å². The fraction of sp³-hybridized carbons (Fsp3) is 0.400. The maximum absolute atomic E-state index is 8.00. The first-order valence-corrected chi connectivity index (χ1v) is 5.77. The normalized spacial score (nSPS) is 8.24. The Morgan fingerprint density at radius 2 is 1.71 bits per heavy atom. The number of carbonyl (C=O) groups excluding carboxylic acids is 1. The lowest BCUT2D eigenvalue weighted by molar-refractivity contribution is -0.0979. The molecule has 2 heteroatoms. The Kier molecular flexibility index (Phi) is 13.4. The quantitative estimate of drug-likeness (QED) is 0.869. The van der Waals surface area contributed by atoms with Crippen molar-refractivity contribution in [2.24, 2.45) is 0 Å². The molecule has 2 nitrogen and oxygen atoms in total. The van der Waals surface area contributed by atoms with Crippen LogP contribution in [0, 0.1) is 6.92 Å². The summed E-state index contributed by atoms with van der Waals surface area (Å²) in [6, 6.07) is 8.39. The summed E-state index contributed by atoms with van der Waals surface area (Å²) < 4.78 is 0. The number of nitrogens with one attached hydrogen (secondary N) is 1. The van der Waals surface area contributed by atoms with E-state index in [-0.39, 0.29) is 0 Å². The molecule has 0 saturated carbocycles. The van der Waals surface area contributed by atoms with E-state index in [0.717, 1.165) is 12.1 Å². The maximum Gasteiger partial charge on any atom is 0.106 e. The van der Waals surface area contributed by atoms with Gasteiger partial charge in [-0.15, -0.1) is 0 Å². The molecule has 0 heterocycles. The number of hydrogen-bond donors (Lipinski definition) is 1. The highest BCUT2D eigenvalue weighted by Gasteiger charge is 1.89. The molecule has 0 aliphatic carbocycles. The predicted molar refractivity (Wildman–Crippen MR) is 77.2 cm³/mol. The Morgan fingerprint density at radius 3 is 1.94 bits per heavy atom. The van der Waals surface area contributed by atoms with E-state index in [1.54, 1.807) is 0 Å². The van der Waals surface area contributed by atoms with Crippen LogP contribution in [0.5, 0.6) is 0 Å². The molecular weight excluding hydrogens is 210 g/mol. The Bertz CT molecular complexity index is 288. The molecule has 0 bridgehead atoms. The van der Waals surface area contributed by atoms with Crippen LogP contribution >= 0.6 is 0 Å². The van der Waals surface area contributed by atoms with Gasteiger partial charge in [0.05, 0.1) is 0 Å². The third-order valence-electron chi connectivity index (χ3n) is 2.04. The summed E-state index contributed by atoms with van der Waals surface area (Å²) >= 11 is 0. The lowest BCUT2D eigenvalue weighted by atomic mass is 10.1. The van der Waals surface area contributed by atoms with Crippen molar-refractivity contribution in [2.75, 3.05) is 13.6 Å². The molecule has 0 unspecified atom stereocenters. The second kappa shape index (κ2) is 12.7. The van der Waals surface area contributed by atoms with E-state index in [4.69, 9.17) is 4.79 Å². The van der Waals surface area contributed by atoms with Crippen LogP contribution in [0.3, 0.4) is 0 Å². The number of aryl methyl sites for hydroxylation is 1. The average molecular weight is 235 g/mol. The van der Waals surface area contributed by atoms with E-state index in [9.17, 15) is 0 Å². The standard InChI is InChI=1S/C10H12.C4H11N.CH2O/c1-8(2)10-6-4-9(3)5-7-10;1-3-4-5-2;1-2/h4-7H,1H2,2-3H3;5H,3-4H2,1-2H3;1H2. The number of benzene rings is 1. The topological polar surface area (TPSA) is 29.1 Å². The van der Waals surface area contributed by atoms with Gasteiger partial charge in [-0.25, -0.2) is 0 Å². The van der Waals surface area contributed by atoms with E-state index in [1.165, 1.54) is 17.5 Å². The smallest absolute Gasteiger partial charge is 0.106 e. The summed E-state index contributed by atoms with van der Waals surface area (Å²) in [7, 11) is 1.96. The maximum atomic E-state index is 8.00. The number of hydrogen-bond acceptors (Lipinski definition) is 2. The van der Waals surface area contributed by atoms with E-state index < -0.39 is 0 Å². The molecule has 0 amide bonds. The van der Waals surface area contributed by atoms with Gasteiger partial charge in [0.25, 0.3) is 0 Å². The largest absolute Gasteiger partial charge is 0.320 e. The highest BCUT2D eigenvalue weighted by atomic mass is 16.1. The second-order valence-corrected chi connectivity index (χ2v) is 3.75. The highest BCUT2D eigenvalue weighted by molar-refractivity contribution is 5.61. The second-order valence-electron chi connectivity index (χ2n) is 3.75. The Balaban J connectivity index is 0. The van der Waals surface area contributed by atoms with Crippen molar-refractivity contribution in [3.63, 3.8) is 0 Å². The summed E-state index contributed by atoms with van der Waals surface area (Å²) in [5.41, 5.74) is 3.65. The van der Waals surface area contributed by atoms with Crippen LogP contribution in [0.15, 0.2) is 30.8 Å². The predicted octanol–water partition coefficient (Wildman–Crippen LogP) is 3.46. The fourth-order valence-electron chi connectivity index (χ4n) is 1.09. The first-order chi connectivity index (χ1) is 8.11. The molecule has 0 atom stereocenters. The summed E-state index contributed by atoms with van der Waals surface area (Å²) in [6.45, 7) is 13.2. The van der Waals surface area contributed by atoms with Crippen LogP contribution in [-0.2, 0) is 4.79 Å². The van der Waals surface area contributed by atoms with Crippen molar-refractivity contribution >= 4 is 12.4 Å². The minimum atomic E-state index is 1.13. The van der Waals surface area contributed by atoms with Crippen molar-refractivity contribution in [1.29, 1.82) is 0 Å². The Morgan fingerprint density at radius 1 is 1.24 bits per heavy atom.